The zero-order chi connectivity index (χ0) is 14.3. The zero-order valence-electron chi connectivity index (χ0n) is 11.5. The van der Waals surface area contributed by atoms with E-state index in [0.29, 0.717) is 6.42 Å². The standard InChI is InChI=1S/C16H16N2O2/c1-18-14-7-11(9-17)16(18)13(8-15(14)19)10-3-5-12(20-2)6-4-10/h3-6,8,11,14,16H,7H2,1-2H3. The molecule has 0 aromatic heterocycles. The molecule has 2 aliphatic rings. The summed E-state index contributed by atoms with van der Waals surface area (Å²) in [6.45, 7) is 0. The van der Waals surface area contributed by atoms with Crippen molar-refractivity contribution in [2.24, 2.45) is 5.92 Å². The van der Waals surface area contributed by atoms with Crippen LogP contribution in [0, 0.1) is 17.2 Å². The third-order valence-corrected chi connectivity index (χ3v) is 4.32. The van der Waals surface area contributed by atoms with Gasteiger partial charge >= 0.3 is 0 Å². The van der Waals surface area contributed by atoms with Gasteiger partial charge in [-0.1, -0.05) is 12.1 Å². The molecule has 0 radical (unpaired) electrons. The molecular weight excluding hydrogens is 252 g/mol. The Labute approximate surface area is 118 Å². The van der Waals surface area contributed by atoms with Gasteiger partial charge in [-0.2, -0.15) is 5.26 Å². The first-order valence-corrected chi connectivity index (χ1v) is 6.67. The van der Waals surface area contributed by atoms with E-state index in [4.69, 9.17) is 4.74 Å². The van der Waals surface area contributed by atoms with E-state index >= 15 is 0 Å². The number of ketones is 1. The maximum Gasteiger partial charge on any atom is 0.173 e. The number of nitrogens with zero attached hydrogens (tertiary/aromatic N) is 2. The van der Waals surface area contributed by atoms with Crippen LogP contribution in [0.1, 0.15) is 12.0 Å². The summed E-state index contributed by atoms with van der Waals surface area (Å²) >= 11 is 0. The van der Waals surface area contributed by atoms with Gasteiger partial charge in [-0.25, -0.2) is 0 Å². The van der Waals surface area contributed by atoms with E-state index in [1.165, 1.54) is 0 Å². The van der Waals surface area contributed by atoms with Crippen LogP contribution in [0.2, 0.25) is 0 Å². The predicted octanol–water partition coefficient (Wildman–Crippen LogP) is 1.87. The van der Waals surface area contributed by atoms with Crippen molar-refractivity contribution >= 4 is 11.4 Å². The first-order chi connectivity index (χ1) is 9.65. The highest BCUT2D eigenvalue weighted by Crippen LogP contribution is 2.41. The second-order valence-electron chi connectivity index (χ2n) is 5.33. The largest absolute Gasteiger partial charge is 0.497 e. The average molecular weight is 268 g/mol. The van der Waals surface area contributed by atoms with Crippen LogP contribution < -0.4 is 4.74 Å². The number of likely N-dealkylation sites (N-methyl/N-ethyl adjacent to an activating group) is 1. The van der Waals surface area contributed by atoms with Crippen molar-refractivity contribution in [1.82, 2.24) is 4.90 Å². The van der Waals surface area contributed by atoms with Gasteiger partial charge in [0.1, 0.15) is 5.75 Å². The van der Waals surface area contributed by atoms with Crippen molar-refractivity contribution < 1.29 is 9.53 Å². The molecule has 1 fully saturated rings. The number of nitriles is 1. The quantitative estimate of drug-likeness (QED) is 0.821. The molecule has 0 saturated carbocycles. The zero-order valence-corrected chi connectivity index (χ0v) is 11.5. The van der Waals surface area contributed by atoms with E-state index in [2.05, 4.69) is 6.07 Å². The summed E-state index contributed by atoms with van der Waals surface area (Å²) in [5, 5.41) is 9.33. The summed E-state index contributed by atoms with van der Waals surface area (Å²) < 4.78 is 5.15. The topological polar surface area (TPSA) is 53.3 Å². The number of hydrogen-bond donors (Lipinski definition) is 0. The Balaban J connectivity index is 2.03. The lowest BCUT2D eigenvalue weighted by molar-refractivity contribution is -0.118. The Morgan fingerprint density at radius 1 is 1.35 bits per heavy atom. The maximum absolute atomic E-state index is 12.2. The van der Waals surface area contributed by atoms with Gasteiger partial charge in [0.05, 0.1) is 31.2 Å². The highest BCUT2D eigenvalue weighted by Gasteiger charge is 2.47. The van der Waals surface area contributed by atoms with Crippen LogP contribution in [0.5, 0.6) is 5.75 Å². The minimum Gasteiger partial charge on any atom is -0.497 e. The molecular formula is C16H16N2O2. The molecule has 0 spiro atoms. The van der Waals surface area contributed by atoms with Crippen LogP contribution in [0.25, 0.3) is 5.57 Å². The minimum absolute atomic E-state index is 0.0103. The number of fused-ring (bicyclic) bond motifs is 2. The Hall–Kier alpha value is -2.12. The van der Waals surface area contributed by atoms with Crippen LogP contribution >= 0.6 is 0 Å². The predicted molar refractivity (Wildman–Crippen MR) is 75.0 cm³/mol. The van der Waals surface area contributed by atoms with Crippen LogP contribution in [-0.2, 0) is 4.79 Å². The van der Waals surface area contributed by atoms with Gasteiger partial charge in [0.2, 0.25) is 0 Å². The summed E-state index contributed by atoms with van der Waals surface area (Å²) in [7, 11) is 3.56. The number of hydrogen-bond acceptors (Lipinski definition) is 4. The van der Waals surface area contributed by atoms with Gasteiger partial charge in [-0.05, 0) is 42.8 Å². The van der Waals surface area contributed by atoms with Gasteiger partial charge in [0.15, 0.2) is 5.78 Å². The number of ether oxygens (including phenoxy) is 1. The molecule has 1 aromatic carbocycles. The molecule has 2 aliphatic heterocycles. The average Bonchev–Trinajstić information content (AvgIpc) is 2.72. The Bertz CT molecular complexity index is 612. The Kier molecular flexibility index (Phi) is 3.07. The molecule has 2 bridgehead atoms. The normalized spacial score (nSPS) is 28.9. The van der Waals surface area contributed by atoms with Crippen LogP contribution in [0.3, 0.4) is 0 Å². The molecule has 3 rings (SSSR count). The molecule has 0 amide bonds. The van der Waals surface area contributed by atoms with E-state index in [1.807, 2.05) is 36.2 Å². The van der Waals surface area contributed by atoms with Crippen molar-refractivity contribution in [3.05, 3.63) is 35.9 Å². The monoisotopic (exact) mass is 268 g/mol. The lowest BCUT2D eigenvalue weighted by Crippen LogP contribution is -2.42. The van der Waals surface area contributed by atoms with Crippen LogP contribution in [-0.4, -0.2) is 36.9 Å². The molecule has 3 unspecified atom stereocenters. The van der Waals surface area contributed by atoms with Crippen molar-refractivity contribution in [2.75, 3.05) is 14.2 Å². The molecule has 20 heavy (non-hydrogen) atoms. The number of carbonyl (C=O) groups is 1. The summed E-state index contributed by atoms with van der Waals surface area (Å²) in [6, 6.07) is 9.87. The molecule has 1 aromatic rings. The third kappa shape index (κ3) is 1.83. The number of carbonyl (C=O) groups excluding carboxylic acids is 1. The smallest absolute Gasteiger partial charge is 0.173 e. The Morgan fingerprint density at radius 2 is 2.05 bits per heavy atom. The van der Waals surface area contributed by atoms with Crippen LogP contribution in [0.15, 0.2) is 30.3 Å². The molecule has 4 heteroatoms. The lowest BCUT2D eigenvalue weighted by atomic mass is 9.90. The second-order valence-corrected chi connectivity index (χ2v) is 5.33. The van der Waals surface area contributed by atoms with Crippen LogP contribution in [0.4, 0.5) is 0 Å². The summed E-state index contributed by atoms with van der Waals surface area (Å²) in [4.78, 5) is 14.2. The van der Waals surface area contributed by atoms with Gasteiger partial charge < -0.3 is 4.74 Å². The second kappa shape index (κ2) is 4.77. The molecule has 102 valence electrons. The van der Waals surface area contributed by atoms with E-state index < -0.39 is 0 Å². The highest BCUT2D eigenvalue weighted by molar-refractivity contribution is 6.04. The third-order valence-electron chi connectivity index (χ3n) is 4.32. The molecule has 3 atom stereocenters. The first-order valence-electron chi connectivity index (χ1n) is 6.67. The highest BCUT2D eigenvalue weighted by atomic mass is 16.5. The van der Waals surface area contributed by atoms with Crippen molar-refractivity contribution in [2.45, 2.75) is 18.5 Å². The fourth-order valence-electron chi connectivity index (χ4n) is 3.26. The fraction of sp³-hybridized carbons (Fsp3) is 0.375. The molecule has 0 aliphatic carbocycles. The molecule has 0 N–H and O–H groups in total. The number of methoxy groups -OCH3 is 1. The number of benzene rings is 1. The van der Waals surface area contributed by atoms with Gasteiger partial charge in [0.25, 0.3) is 0 Å². The van der Waals surface area contributed by atoms with Crippen molar-refractivity contribution in [3.63, 3.8) is 0 Å². The van der Waals surface area contributed by atoms with Gasteiger partial charge in [0, 0.05) is 0 Å². The summed E-state index contributed by atoms with van der Waals surface area (Å²) in [6.07, 6.45) is 2.35. The minimum atomic E-state index is -0.133. The molecule has 4 nitrogen and oxygen atoms in total. The van der Waals surface area contributed by atoms with E-state index in [0.717, 1.165) is 16.9 Å². The lowest BCUT2D eigenvalue weighted by Gasteiger charge is -2.31. The SMILES string of the molecule is COc1ccc(C2=CC(=O)C3CC(C#N)C2N3C)cc1. The number of rotatable bonds is 2. The van der Waals surface area contributed by atoms with Crippen molar-refractivity contribution in [3.8, 4) is 11.8 Å². The van der Waals surface area contributed by atoms with E-state index in [-0.39, 0.29) is 23.8 Å². The fourth-order valence-corrected chi connectivity index (χ4v) is 3.26. The van der Waals surface area contributed by atoms with Gasteiger partial charge in [-0.15, -0.1) is 0 Å². The molecule has 2 heterocycles. The maximum atomic E-state index is 12.2. The van der Waals surface area contributed by atoms with Gasteiger partial charge in [-0.3, -0.25) is 9.69 Å². The van der Waals surface area contributed by atoms with Crippen molar-refractivity contribution in [1.29, 1.82) is 5.26 Å². The van der Waals surface area contributed by atoms with E-state index in [9.17, 15) is 10.1 Å². The Morgan fingerprint density at radius 3 is 2.65 bits per heavy atom. The first kappa shape index (κ1) is 12.9. The summed E-state index contributed by atoms with van der Waals surface area (Å²) in [5.41, 5.74) is 1.93. The van der Waals surface area contributed by atoms with E-state index in [1.54, 1.807) is 13.2 Å². The molecule has 1 saturated heterocycles. The summed E-state index contributed by atoms with van der Waals surface area (Å²) in [5.74, 6) is 0.767.